The highest BCUT2D eigenvalue weighted by molar-refractivity contribution is 6.30. The van der Waals surface area contributed by atoms with Crippen LogP contribution in [0.3, 0.4) is 0 Å². The summed E-state index contributed by atoms with van der Waals surface area (Å²) in [5, 5.41) is 0.821. The summed E-state index contributed by atoms with van der Waals surface area (Å²) in [5.74, 6) is 0. The summed E-state index contributed by atoms with van der Waals surface area (Å²) in [5.41, 5.74) is 5.43. The molecular weight excluding hydrogens is 350 g/mol. The Morgan fingerprint density at radius 2 is 1.81 bits per heavy atom. The van der Waals surface area contributed by atoms with Crippen molar-refractivity contribution in [2.24, 2.45) is 0 Å². The highest BCUT2D eigenvalue weighted by Crippen LogP contribution is 2.27. The lowest BCUT2D eigenvalue weighted by Crippen LogP contribution is -2.28. The van der Waals surface area contributed by atoms with Crippen LogP contribution in [0.1, 0.15) is 42.9 Å². The normalized spacial score (nSPS) is 17.2. The molecule has 2 aromatic carbocycles. The van der Waals surface area contributed by atoms with Gasteiger partial charge in [-0.05, 0) is 67.3 Å². The lowest BCUT2D eigenvalue weighted by molar-refractivity contribution is 0.340. The Hall–Kier alpha value is -1.99. The third kappa shape index (κ3) is 5.74. The van der Waals surface area contributed by atoms with E-state index in [1.807, 2.05) is 12.1 Å². The highest BCUT2D eigenvalue weighted by Gasteiger charge is 2.24. The van der Waals surface area contributed by atoms with Crippen molar-refractivity contribution in [2.75, 3.05) is 6.54 Å². The van der Waals surface area contributed by atoms with Gasteiger partial charge in [0, 0.05) is 23.3 Å². The van der Waals surface area contributed by atoms with Gasteiger partial charge in [0.15, 0.2) is 0 Å². The van der Waals surface area contributed by atoms with Crippen molar-refractivity contribution in [3.05, 3.63) is 94.7 Å². The number of hydrogen-bond acceptors (Lipinski definition) is 1. The SMILES string of the molecule is C=C1CCC(/C=C/CCc2cccc(Cl)c2)N1CCc1cccc(CC)c1. The molecule has 1 nitrogen and oxygen atoms in total. The molecule has 27 heavy (non-hydrogen) atoms. The van der Waals surface area contributed by atoms with Gasteiger partial charge in [-0.2, -0.15) is 0 Å². The van der Waals surface area contributed by atoms with Gasteiger partial charge in [0.2, 0.25) is 0 Å². The monoisotopic (exact) mass is 379 g/mol. The van der Waals surface area contributed by atoms with E-state index >= 15 is 0 Å². The summed E-state index contributed by atoms with van der Waals surface area (Å²) in [6.07, 6.45) is 11.3. The van der Waals surface area contributed by atoms with E-state index in [0.717, 1.165) is 43.7 Å². The standard InChI is InChI=1S/C25H30ClN/c1-3-21-9-6-10-23(18-21)16-17-27-20(2)14-15-25(27)13-5-4-8-22-11-7-12-24(26)19-22/h5-7,9-13,18-19,25H,2-4,8,14-17H2,1H3/b13-5+. The van der Waals surface area contributed by atoms with Crippen molar-refractivity contribution >= 4 is 11.6 Å². The third-order valence-corrected chi connectivity index (χ3v) is 5.66. The zero-order valence-electron chi connectivity index (χ0n) is 16.3. The van der Waals surface area contributed by atoms with Crippen molar-refractivity contribution in [3.63, 3.8) is 0 Å². The smallest absolute Gasteiger partial charge is 0.0473 e. The first-order valence-electron chi connectivity index (χ1n) is 10.1. The maximum absolute atomic E-state index is 6.07. The van der Waals surface area contributed by atoms with Crippen LogP contribution in [0.25, 0.3) is 0 Å². The van der Waals surface area contributed by atoms with E-state index in [1.54, 1.807) is 0 Å². The summed E-state index contributed by atoms with van der Waals surface area (Å²) in [6, 6.07) is 17.6. The summed E-state index contributed by atoms with van der Waals surface area (Å²) in [7, 11) is 0. The van der Waals surface area contributed by atoms with Gasteiger partial charge in [-0.1, -0.05) is 73.7 Å². The Labute approximate surface area is 169 Å². The molecule has 0 bridgehead atoms. The van der Waals surface area contributed by atoms with Crippen molar-refractivity contribution in [1.29, 1.82) is 0 Å². The molecule has 0 spiro atoms. The van der Waals surface area contributed by atoms with E-state index in [1.165, 1.54) is 28.8 Å². The molecule has 2 aromatic rings. The second-order valence-corrected chi connectivity index (χ2v) is 7.82. The number of nitrogens with zero attached hydrogens (tertiary/aromatic N) is 1. The van der Waals surface area contributed by atoms with Gasteiger partial charge < -0.3 is 4.90 Å². The average Bonchev–Trinajstić information content (AvgIpc) is 3.03. The molecule has 0 radical (unpaired) electrons. The summed E-state index contributed by atoms with van der Waals surface area (Å²) in [6.45, 7) is 7.56. The molecule has 0 aliphatic carbocycles. The number of benzene rings is 2. The minimum atomic E-state index is 0.492. The van der Waals surface area contributed by atoms with Gasteiger partial charge in [-0.15, -0.1) is 0 Å². The molecule has 142 valence electrons. The fraction of sp³-hybridized carbons (Fsp3) is 0.360. The minimum absolute atomic E-state index is 0.492. The number of halogens is 1. The fourth-order valence-corrected chi connectivity index (χ4v) is 4.04. The molecule has 0 N–H and O–H groups in total. The average molecular weight is 380 g/mol. The Morgan fingerprint density at radius 1 is 1.07 bits per heavy atom. The molecule has 1 atom stereocenters. The van der Waals surface area contributed by atoms with E-state index in [9.17, 15) is 0 Å². The van der Waals surface area contributed by atoms with Gasteiger partial charge in [0.05, 0.1) is 0 Å². The van der Waals surface area contributed by atoms with Crippen LogP contribution in [0.15, 0.2) is 73.0 Å². The fourth-order valence-electron chi connectivity index (χ4n) is 3.82. The summed E-state index contributed by atoms with van der Waals surface area (Å²) >= 11 is 6.07. The Balaban J connectivity index is 1.52. The van der Waals surface area contributed by atoms with E-state index in [0.29, 0.717) is 6.04 Å². The minimum Gasteiger partial charge on any atom is -0.369 e. The molecule has 1 saturated heterocycles. The zero-order valence-corrected chi connectivity index (χ0v) is 17.1. The van der Waals surface area contributed by atoms with Crippen molar-refractivity contribution in [3.8, 4) is 0 Å². The summed E-state index contributed by atoms with van der Waals surface area (Å²) in [4.78, 5) is 2.49. The number of aryl methyl sites for hydroxylation is 2. The maximum Gasteiger partial charge on any atom is 0.0473 e. The molecule has 1 aliphatic heterocycles. The van der Waals surface area contributed by atoms with Crippen LogP contribution >= 0.6 is 11.6 Å². The predicted octanol–water partition coefficient (Wildman–Crippen LogP) is 6.61. The molecule has 1 heterocycles. The first-order chi connectivity index (χ1) is 13.2. The first-order valence-corrected chi connectivity index (χ1v) is 10.5. The van der Waals surface area contributed by atoms with Crippen LogP contribution in [-0.4, -0.2) is 17.5 Å². The second kappa shape index (κ2) is 9.80. The maximum atomic E-state index is 6.07. The molecule has 0 amide bonds. The lowest BCUT2D eigenvalue weighted by atomic mass is 10.1. The second-order valence-electron chi connectivity index (χ2n) is 7.39. The molecule has 0 saturated carbocycles. The van der Waals surface area contributed by atoms with E-state index < -0.39 is 0 Å². The van der Waals surface area contributed by atoms with Crippen LogP contribution in [0.4, 0.5) is 0 Å². The number of hydrogen-bond donors (Lipinski definition) is 0. The number of rotatable bonds is 8. The highest BCUT2D eigenvalue weighted by atomic mass is 35.5. The Morgan fingerprint density at radius 3 is 2.59 bits per heavy atom. The molecule has 2 heteroatoms. The van der Waals surface area contributed by atoms with Crippen LogP contribution in [0.2, 0.25) is 5.02 Å². The first kappa shape index (κ1) is 19.8. The quantitative estimate of drug-likeness (QED) is 0.466. The van der Waals surface area contributed by atoms with Gasteiger partial charge in [-0.3, -0.25) is 0 Å². The molecule has 1 unspecified atom stereocenters. The van der Waals surface area contributed by atoms with Crippen molar-refractivity contribution in [2.45, 2.75) is 51.5 Å². The van der Waals surface area contributed by atoms with Gasteiger partial charge >= 0.3 is 0 Å². The Bertz CT molecular complexity index is 792. The van der Waals surface area contributed by atoms with E-state index in [2.05, 4.69) is 67.0 Å². The van der Waals surface area contributed by atoms with E-state index in [-0.39, 0.29) is 0 Å². The van der Waals surface area contributed by atoms with Crippen molar-refractivity contribution in [1.82, 2.24) is 4.90 Å². The largest absolute Gasteiger partial charge is 0.369 e. The molecule has 0 aromatic heterocycles. The predicted molar refractivity (Wildman–Crippen MR) is 117 cm³/mol. The van der Waals surface area contributed by atoms with Crippen LogP contribution in [0, 0.1) is 0 Å². The van der Waals surface area contributed by atoms with Crippen LogP contribution in [-0.2, 0) is 19.3 Å². The molecule has 3 rings (SSSR count). The van der Waals surface area contributed by atoms with Crippen molar-refractivity contribution < 1.29 is 0 Å². The number of likely N-dealkylation sites (tertiary alicyclic amines) is 1. The molecule has 1 fully saturated rings. The topological polar surface area (TPSA) is 3.24 Å². The zero-order chi connectivity index (χ0) is 19.1. The van der Waals surface area contributed by atoms with Crippen LogP contribution < -0.4 is 0 Å². The molecule has 1 aliphatic rings. The van der Waals surface area contributed by atoms with Gasteiger partial charge in [0.1, 0.15) is 0 Å². The van der Waals surface area contributed by atoms with Gasteiger partial charge in [-0.25, -0.2) is 0 Å². The molecular formula is C25H30ClN. The lowest BCUT2D eigenvalue weighted by Gasteiger charge is -2.25. The Kier molecular flexibility index (Phi) is 7.18. The number of allylic oxidation sites excluding steroid dienone is 2. The van der Waals surface area contributed by atoms with E-state index in [4.69, 9.17) is 11.6 Å². The third-order valence-electron chi connectivity index (χ3n) is 5.42. The summed E-state index contributed by atoms with van der Waals surface area (Å²) < 4.78 is 0. The van der Waals surface area contributed by atoms with Gasteiger partial charge in [0.25, 0.3) is 0 Å². The van der Waals surface area contributed by atoms with Crippen LogP contribution in [0.5, 0.6) is 0 Å².